The molecule has 0 unspecified atom stereocenters. The number of β-lactam (4-membered cyclic amide) rings is 1. The number of amides is 1. The molecular formula is C26H25NO4. The normalized spacial score (nSPS) is 20.1. The van der Waals surface area contributed by atoms with E-state index in [1.165, 1.54) is 7.11 Å². The van der Waals surface area contributed by atoms with E-state index < -0.39 is 23.4 Å². The molecule has 1 saturated heterocycles. The molecular weight excluding hydrogens is 390 g/mol. The van der Waals surface area contributed by atoms with Crippen molar-refractivity contribution in [2.24, 2.45) is 0 Å². The van der Waals surface area contributed by atoms with E-state index >= 15 is 0 Å². The Balaban J connectivity index is 1.67. The van der Waals surface area contributed by atoms with Gasteiger partial charge in [0.05, 0.1) is 25.6 Å². The first kappa shape index (κ1) is 20.8. The molecule has 0 saturated carbocycles. The molecule has 1 heterocycles. The van der Waals surface area contributed by atoms with Crippen molar-refractivity contribution in [1.82, 2.24) is 4.90 Å². The monoisotopic (exact) mass is 415 g/mol. The minimum Gasteiger partial charge on any atom is -0.466 e. The lowest BCUT2D eigenvalue weighted by Gasteiger charge is -2.52. The first-order valence-electron chi connectivity index (χ1n) is 10.2. The Morgan fingerprint density at radius 3 is 2.39 bits per heavy atom. The number of benzene rings is 3. The average molecular weight is 415 g/mol. The van der Waals surface area contributed by atoms with Crippen molar-refractivity contribution in [3.05, 3.63) is 96.1 Å². The fourth-order valence-corrected chi connectivity index (χ4v) is 4.53. The number of methoxy groups -OCH3 is 1. The van der Waals surface area contributed by atoms with Gasteiger partial charge in [0, 0.05) is 5.57 Å². The maximum atomic E-state index is 13.3. The second-order valence-electron chi connectivity index (χ2n) is 7.96. The largest absolute Gasteiger partial charge is 0.466 e. The van der Waals surface area contributed by atoms with E-state index in [1.54, 1.807) is 29.2 Å². The van der Waals surface area contributed by atoms with Gasteiger partial charge in [-0.3, -0.25) is 4.79 Å². The Hall–Kier alpha value is -3.44. The van der Waals surface area contributed by atoms with Crippen LogP contribution >= 0.6 is 0 Å². The van der Waals surface area contributed by atoms with Gasteiger partial charge in [0.15, 0.2) is 5.60 Å². The molecule has 1 fully saturated rings. The van der Waals surface area contributed by atoms with Crippen LogP contribution in [0.25, 0.3) is 10.8 Å². The van der Waals surface area contributed by atoms with Gasteiger partial charge in [0.25, 0.3) is 5.91 Å². The van der Waals surface area contributed by atoms with E-state index in [0.717, 1.165) is 16.3 Å². The summed E-state index contributed by atoms with van der Waals surface area (Å²) in [6.45, 7) is 5.89. The number of nitrogens with zero attached hydrogens (tertiary/aromatic N) is 1. The molecule has 0 bridgehead atoms. The number of fused-ring (bicyclic) bond motifs is 1. The zero-order valence-corrected chi connectivity index (χ0v) is 17.6. The summed E-state index contributed by atoms with van der Waals surface area (Å²) < 4.78 is 4.83. The fourth-order valence-electron chi connectivity index (χ4n) is 4.53. The molecule has 1 aliphatic rings. The summed E-state index contributed by atoms with van der Waals surface area (Å²) in [4.78, 5) is 27.2. The van der Waals surface area contributed by atoms with Gasteiger partial charge in [-0.1, -0.05) is 79.4 Å². The van der Waals surface area contributed by atoms with Gasteiger partial charge in [-0.25, -0.2) is 4.79 Å². The molecule has 1 amide bonds. The molecule has 158 valence electrons. The van der Waals surface area contributed by atoms with Gasteiger partial charge >= 0.3 is 5.97 Å². The van der Waals surface area contributed by atoms with E-state index in [4.69, 9.17) is 4.74 Å². The summed E-state index contributed by atoms with van der Waals surface area (Å²) >= 11 is 0. The molecule has 5 heteroatoms. The van der Waals surface area contributed by atoms with Gasteiger partial charge in [-0.15, -0.1) is 0 Å². The van der Waals surface area contributed by atoms with Crippen molar-refractivity contribution < 1.29 is 19.4 Å². The van der Waals surface area contributed by atoms with Crippen LogP contribution in [0.4, 0.5) is 0 Å². The number of carbonyl (C=O) groups excluding carboxylic acids is 2. The van der Waals surface area contributed by atoms with Crippen molar-refractivity contribution in [2.75, 3.05) is 13.7 Å². The Bertz CT molecular complexity index is 1150. The van der Waals surface area contributed by atoms with Crippen LogP contribution in [0, 0.1) is 0 Å². The Morgan fingerprint density at radius 2 is 1.71 bits per heavy atom. The van der Waals surface area contributed by atoms with Gasteiger partial charge < -0.3 is 14.7 Å². The third-order valence-electron chi connectivity index (χ3n) is 6.19. The van der Waals surface area contributed by atoms with Crippen LogP contribution in [0.1, 0.15) is 30.0 Å². The minimum absolute atomic E-state index is 0.0574. The number of likely N-dealkylation sites (tertiary alicyclic amines) is 1. The lowest BCUT2D eigenvalue weighted by Crippen LogP contribution is -2.69. The molecule has 5 nitrogen and oxygen atoms in total. The Kier molecular flexibility index (Phi) is 5.38. The van der Waals surface area contributed by atoms with Gasteiger partial charge in [-0.05, 0) is 28.8 Å². The van der Waals surface area contributed by atoms with Crippen LogP contribution in [0.15, 0.2) is 84.9 Å². The number of carbonyl (C=O) groups is 2. The summed E-state index contributed by atoms with van der Waals surface area (Å²) in [5.41, 5.74) is -0.0457. The van der Waals surface area contributed by atoms with E-state index in [2.05, 4.69) is 6.58 Å². The molecule has 1 aliphatic heterocycles. The van der Waals surface area contributed by atoms with Crippen molar-refractivity contribution >= 4 is 22.6 Å². The number of esters is 1. The van der Waals surface area contributed by atoms with Crippen LogP contribution in [0.2, 0.25) is 0 Å². The number of hydrogen-bond acceptors (Lipinski definition) is 4. The SMILES string of the molecule is C=C(C(=O)OC)[C@@H](c1ccccc1)[C@@]1(O)CN([C@H](C)c2cccc3ccccc23)C1=O. The maximum Gasteiger partial charge on any atom is 0.333 e. The van der Waals surface area contributed by atoms with E-state index in [0.29, 0.717) is 5.56 Å². The first-order valence-corrected chi connectivity index (χ1v) is 10.2. The number of rotatable bonds is 6. The predicted molar refractivity (Wildman–Crippen MR) is 119 cm³/mol. The Morgan fingerprint density at radius 1 is 1.06 bits per heavy atom. The molecule has 4 rings (SSSR count). The molecule has 3 aromatic carbocycles. The van der Waals surface area contributed by atoms with Crippen LogP contribution < -0.4 is 0 Å². The lowest BCUT2D eigenvalue weighted by molar-refractivity contribution is -0.183. The highest BCUT2D eigenvalue weighted by atomic mass is 16.5. The summed E-state index contributed by atoms with van der Waals surface area (Å²) in [6, 6.07) is 22.8. The highest BCUT2D eigenvalue weighted by Crippen LogP contribution is 2.45. The number of ether oxygens (including phenoxy) is 1. The average Bonchev–Trinajstić information content (AvgIpc) is 2.81. The van der Waals surface area contributed by atoms with Gasteiger partial charge in [-0.2, -0.15) is 0 Å². The van der Waals surface area contributed by atoms with Crippen molar-refractivity contribution in [2.45, 2.75) is 24.5 Å². The highest BCUT2D eigenvalue weighted by Gasteiger charge is 2.59. The van der Waals surface area contributed by atoms with Crippen LogP contribution in [0.5, 0.6) is 0 Å². The molecule has 0 radical (unpaired) electrons. The van der Waals surface area contributed by atoms with Crippen molar-refractivity contribution in [3.63, 3.8) is 0 Å². The third kappa shape index (κ3) is 3.41. The fraction of sp³-hybridized carbons (Fsp3) is 0.231. The quantitative estimate of drug-likeness (QED) is 0.376. The van der Waals surface area contributed by atoms with Gasteiger partial charge in [0.2, 0.25) is 0 Å². The molecule has 0 aromatic heterocycles. The first-order chi connectivity index (χ1) is 14.9. The van der Waals surface area contributed by atoms with E-state index in [1.807, 2.05) is 55.5 Å². The van der Waals surface area contributed by atoms with Crippen LogP contribution in [0.3, 0.4) is 0 Å². The lowest BCUT2D eigenvalue weighted by atomic mass is 9.71. The van der Waals surface area contributed by atoms with Crippen molar-refractivity contribution in [1.29, 1.82) is 0 Å². The predicted octanol–water partition coefficient (Wildman–Crippen LogP) is 3.99. The topological polar surface area (TPSA) is 66.8 Å². The summed E-state index contributed by atoms with van der Waals surface area (Å²) in [5.74, 6) is -1.95. The number of hydrogen-bond donors (Lipinski definition) is 1. The Labute approximate surface area is 181 Å². The highest BCUT2D eigenvalue weighted by molar-refractivity contribution is 5.98. The molecule has 0 spiro atoms. The van der Waals surface area contributed by atoms with E-state index in [-0.39, 0.29) is 18.2 Å². The van der Waals surface area contributed by atoms with Gasteiger partial charge in [0.1, 0.15) is 0 Å². The second kappa shape index (κ2) is 8.00. The second-order valence-corrected chi connectivity index (χ2v) is 7.96. The summed E-state index contributed by atoms with van der Waals surface area (Å²) in [7, 11) is 1.26. The number of aliphatic hydroxyl groups is 1. The molecule has 3 aromatic rings. The third-order valence-corrected chi connectivity index (χ3v) is 6.19. The van der Waals surface area contributed by atoms with E-state index in [9.17, 15) is 14.7 Å². The maximum absolute atomic E-state index is 13.3. The molecule has 31 heavy (non-hydrogen) atoms. The van der Waals surface area contributed by atoms with Crippen LogP contribution in [-0.2, 0) is 14.3 Å². The van der Waals surface area contributed by atoms with Crippen LogP contribution in [-0.4, -0.2) is 41.1 Å². The smallest absolute Gasteiger partial charge is 0.333 e. The summed E-state index contributed by atoms with van der Waals surface area (Å²) in [5, 5.41) is 13.6. The minimum atomic E-state index is -1.76. The molecule has 0 aliphatic carbocycles. The van der Waals surface area contributed by atoms with Crippen molar-refractivity contribution in [3.8, 4) is 0 Å². The standard InChI is InChI=1S/C26H25NO4/c1-17(24(28)31-3)23(20-11-5-4-6-12-20)26(30)16-27(25(26)29)18(2)21-15-9-13-19-10-7-8-14-22(19)21/h4-15,18,23,30H,1,16H2,2-3H3/t18-,23+,26+/m1/s1. The molecule has 3 atom stereocenters. The molecule has 1 N–H and O–H groups in total. The zero-order valence-electron chi connectivity index (χ0n) is 17.6. The number of β-amino-alcohol motifs (C(OH)–C–C–N with tert-alkyl or cyclic N) is 1. The zero-order chi connectivity index (χ0) is 22.2. The summed E-state index contributed by atoms with van der Waals surface area (Å²) in [6.07, 6.45) is 0.